The number of nitrogens with zero attached hydrogens (tertiary/aromatic N) is 1. The van der Waals surface area contributed by atoms with Gasteiger partial charge in [-0.2, -0.15) is 0 Å². The third-order valence-corrected chi connectivity index (χ3v) is 3.68. The number of thioether (sulfide) groups is 1. The maximum absolute atomic E-state index is 11.8. The molecule has 3 nitrogen and oxygen atoms in total. The molecule has 1 amide bonds. The fraction of sp³-hybridized carbons (Fsp3) is 0.545. The van der Waals surface area contributed by atoms with Gasteiger partial charge in [-0.25, -0.2) is 0 Å². The van der Waals surface area contributed by atoms with Crippen molar-refractivity contribution in [3.05, 3.63) is 24.2 Å². The number of carbonyl (C=O) groups excluding carboxylic acids is 1. The van der Waals surface area contributed by atoms with E-state index < -0.39 is 0 Å². The summed E-state index contributed by atoms with van der Waals surface area (Å²) in [4.78, 5) is 13.7. The van der Waals surface area contributed by atoms with E-state index in [-0.39, 0.29) is 11.3 Å². The second kappa shape index (κ2) is 4.75. The summed E-state index contributed by atoms with van der Waals surface area (Å²) >= 11 is 1.77. The Balaban J connectivity index is 2.08. The molecule has 15 heavy (non-hydrogen) atoms. The summed E-state index contributed by atoms with van der Waals surface area (Å²) in [6.45, 7) is 2.87. The predicted octanol–water partition coefficient (Wildman–Crippen LogP) is 2.65. The average molecular weight is 225 g/mol. The highest BCUT2D eigenvalue weighted by Crippen LogP contribution is 2.38. The lowest BCUT2D eigenvalue weighted by Crippen LogP contribution is -2.29. The number of hydrogen-bond acceptors (Lipinski definition) is 3. The standard InChI is InChI=1S/C11H15NO2S/c1-2-4-10(13)12-6-8-15-11(12)9-5-3-7-14-9/h3,5,7,11H,2,4,6,8H2,1H3. The fourth-order valence-electron chi connectivity index (χ4n) is 1.75. The van der Waals surface area contributed by atoms with Crippen molar-refractivity contribution in [2.75, 3.05) is 12.3 Å². The molecule has 0 radical (unpaired) electrons. The van der Waals surface area contributed by atoms with Crippen molar-refractivity contribution in [1.29, 1.82) is 0 Å². The lowest BCUT2D eigenvalue weighted by atomic mass is 10.3. The van der Waals surface area contributed by atoms with E-state index >= 15 is 0 Å². The average Bonchev–Trinajstić information content (AvgIpc) is 2.88. The van der Waals surface area contributed by atoms with E-state index in [1.54, 1.807) is 18.0 Å². The van der Waals surface area contributed by atoms with Crippen LogP contribution in [0.15, 0.2) is 22.8 Å². The van der Waals surface area contributed by atoms with Crippen LogP contribution in [0.2, 0.25) is 0 Å². The topological polar surface area (TPSA) is 33.5 Å². The van der Waals surface area contributed by atoms with Gasteiger partial charge in [0.15, 0.2) is 0 Å². The zero-order valence-corrected chi connectivity index (χ0v) is 9.63. The largest absolute Gasteiger partial charge is 0.466 e. The van der Waals surface area contributed by atoms with E-state index in [0.717, 1.165) is 24.5 Å². The van der Waals surface area contributed by atoms with E-state index in [1.807, 2.05) is 24.0 Å². The van der Waals surface area contributed by atoms with Crippen LogP contribution in [-0.4, -0.2) is 23.1 Å². The molecular weight excluding hydrogens is 210 g/mol. The number of hydrogen-bond donors (Lipinski definition) is 0. The van der Waals surface area contributed by atoms with Crippen LogP contribution in [0.4, 0.5) is 0 Å². The van der Waals surface area contributed by atoms with Gasteiger partial charge in [-0.15, -0.1) is 11.8 Å². The van der Waals surface area contributed by atoms with E-state index in [1.165, 1.54) is 0 Å². The highest BCUT2D eigenvalue weighted by atomic mass is 32.2. The van der Waals surface area contributed by atoms with Crippen molar-refractivity contribution in [2.45, 2.75) is 25.1 Å². The third-order valence-electron chi connectivity index (χ3n) is 2.46. The Kier molecular flexibility index (Phi) is 3.36. The second-order valence-electron chi connectivity index (χ2n) is 3.58. The van der Waals surface area contributed by atoms with Gasteiger partial charge in [0.2, 0.25) is 5.91 Å². The Labute approximate surface area is 93.8 Å². The Morgan fingerprint density at radius 1 is 1.73 bits per heavy atom. The highest BCUT2D eigenvalue weighted by molar-refractivity contribution is 7.99. The smallest absolute Gasteiger partial charge is 0.223 e. The van der Waals surface area contributed by atoms with Crippen molar-refractivity contribution in [3.63, 3.8) is 0 Å². The summed E-state index contributed by atoms with van der Waals surface area (Å²) in [6, 6.07) is 3.81. The molecule has 0 N–H and O–H groups in total. The van der Waals surface area contributed by atoms with Gasteiger partial charge in [-0.05, 0) is 18.6 Å². The van der Waals surface area contributed by atoms with Gasteiger partial charge in [0.05, 0.1) is 6.26 Å². The Morgan fingerprint density at radius 2 is 2.60 bits per heavy atom. The van der Waals surface area contributed by atoms with Crippen molar-refractivity contribution < 1.29 is 9.21 Å². The molecule has 82 valence electrons. The van der Waals surface area contributed by atoms with E-state index in [9.17, 15) is 4.79 Å². The molecule has 1 fully saturated rings. The summed E-state index contributed by atoms with van der Waals surface area (Å²) in [5, 5.41) is 0.0963. The summed E-state index contributed by atoms with van der Waals surface area (Å²) in [5.74, 6) is 2.13. The summed E-state index contributed by atoms with van der Waals surface area (Å²) < 4.78 is 5.36. The zero-order valence-electron chi connectivity index (χ0n) is 8.81. The first kappa shape index (κ1) is 10.6. The van der Waals surface area contributed by atoms with Crippen LogP contribution in [0.1, 0.15) is 30.9 Å². The highest BCUT2D eigenvalue weighted by Gasteiger charge is 2.31. The maximum atomic E-state index is 11.8. The Morgan fingerprint density at radius 3 is 3.27 bits per heavy atom. The number of furan rings is 1. The molecule has 0 aliphatic carbocycles. The molecule has 2 rings (SSSR count). The van der Waals surface area contributed by atoms with Crippen molar-refractivity contribution in [2.24, 2.45) is 0 Å². The number of rotatable bonds is 3. The normalized spacial score (nSPS) is 20.9. The first-order valence-electron chi connectivity index (χ1n) is 5.27. The van der Waals surface area contributed by atoms with Crippen LogP contribution in [-0.2, 0) is 4.79 Å². The van der Waals surface area contributed by atoms with Gasteiger partial charge in [-0.1, -0.05) is 6.92 Å². The van der Waals surface area contributed by atoms with Gasteiger partial charge in [0, 0.05) is 18.7 Å². The maximum Gasteiger partial charge on any atom is 0.223 e. The van der Waals surface area contributed by atoms with Gasteiger partial charge >= 0.3 is 0 Å². The first-order valence-corrected chi connectivity index (χ1v) is 6.32. The number of amides is 1. The molecule has 1 aromatic rings. The molecule has 0 bridgehead atoms. The summed E-state index contributed by atoms with van der Waals surface area (Å²) in [6.07, 6.45) is 3.21. The monoisotopic (exact) mass is 225 g/mol. The molecule has 1 saturated heterocycles. The zero-order chi connectivity index (χ0) is 10.7. The Hall–Kier alpha value is -0.900. The Bertz CT molecular complexity index is 323. The van der Waals surface area contributed by atoms with Crippen molar-refractivity contribution in [3.8, 4) is 0 Å². The molecular formula is C11H15NO2S. The van der Waals surface area contributed by atoms with E-state index in [2.05, 4.69) is 0 Å². The molecule has 1 aliphatic rings. The van der Waals surface area contributed by atoms with Crippen LogP contribution in [0, 0.1) is 0 Å². The van der Waals surface area contributed by atoms with Crippen molar-refractivity contribution in [1.82, 2.24) is 4.90 Å². The molecule has 1 atom stereocenters. The fourth-order valence-corrected chi connectivity index (χ4v) is 2.98. The van der Waals surface area contributed by atoms with Gasteiger partial charge < -0.3 is 9.32 Å². The van der Waals surface area contributed by atoms with E-state index in [4.69, 9.17) is 4.42 Å². The SMILES string of the molecule is CCCC(=O)N1CCSC1c1ccco1. The molecule has 0 spiro atoms. The third kappa shape index (κ3) is 2.20. The van der Waals surface area contributed by atoms with Gasteiger partial charge in [0.1, 0.15) is 11.1 Å². The minimum Gasteiger partial charge on any atom is -0.466 e. The quantitative estimate of drug-likeness (QED) is 0.793. The van der Waals surface area contributed by atoms with Crippen LogP contribution in [0.3, 0.4) is 0 Å². The lowest BCUT2D eigenvalue weighted by Gasteiger charge is -2.21. The molecule has 1 aliphatic heterocycles. The second-order valence-corrected chi connectivity index (χ2v) is 4.76. The summed E-state index contributed by atoms with van der Waals surface area (Å²) in [7, 11) is 0. The molecule has 1 unspecified atom stereocenters. The molecule has 2 heterocycles. The van der Waals surface area contributed by atoms with Crippen LogP contribution >= 0.6 is 11.8 Å². The van der Waals surface area contributed by atoms with Crippen LogP contribution in [0.25, 0.3) is 0 Å². The number of carbonyl (C=O) groups is 1. The summed E-state index contributed by atoms with van der Waals surface area (Å²) in [5.41, 5.74) is 0. The van der Waals surface area contributed by atoms with Crippen LogP contribution in [0.5, 0.6) is 0 Å². The minimum absolute atomic E-state index is 0.0963. The molecule has 1 aromatic heterocycles. The van der Waals surface area contributed by atoms with Crippen LogP contribution < -0.4 is 0 Å². The van der Waals surface area contributed by atoms with Crippen molar-refractivity contribution >= 4 is 17.7 Å². The minimum atomic E-state index is 0.0963. The lowest BCUT2D eigenvalue weighted by molar-refractivity contribution is -0.131. The van der Waals surface area contributed by atoms with Gasteiger partial charge in [-0.3, -0.25) is 4.79 Å². The molecule has 0 aromatic carbocycles. The first-order chi connectivity index (χ1) is 7.33. The molecule has 4 heteroatoms. The van der Waals surface area contributed by atoms with Gasteiger partial charge in [0.25, 0.3) is 0 Å². The van der Waals surface area contributed by atoms with E-state index in [0.29, 0.717) is 6.42 Å². The molecule has 0 saturated carbocycles. The predicted molar refractivity (Wildman–Crippen MR) is 60.5 cm³/mol.